The number of halogens is 2. The molecule has 1 aromatic carbocycles. The summed E-state index contributed by atoms with van der Waals surface area (Å²) in [5, 5.41) is 0.328. The molecule has 1 unspecified atom stereocenters. The van der Waals surface area contributed by atoms with Crippen molar-refractivity contribution in [2.75, 3.05) is 6.54 Å². The van der Waals surface area contributed by atoms with Gasteiger partial charge in [0.2, 0.25) is 0 Å². The van der Waals surface area contributed by atoms with Gasteiger partial charge in [-0.15, -0.1) is 0 Å². The first-order chi connectivity index (χ1) is 7.15. The molecule has 0 spiro atoms. The molecule has 0 aliphatic rings. The molecule has 0 amide bonds. The standard InChI is InChI=1S/C11H15F2NS/c1-8(5-6-14)15-7-9-10(12)3-2-4-11(9)13/h2-4,8H,5-7,14H2,1H3. The maximum atomic E-state index is 13.2. The highest BCUT2D eigenvalue weighted by Crippen LogP contribution is 2.23. The average Bonchev–Trinajstić information content (AvgIpc) is 2.17. The lowest BCUT2D eigenvalue weighted by molar-refractivity contribution is 0.566. The number of thioether (sulfide) groups is 1. The van der Waals surface area contributed by atoms with Gasteiger partial charge in [-0.25, -0.2) is 8.78 Å². The Labute approximate surface area is 93.1 Å². The molecule has 15 heavy (non-hydrogen) atoms. The zero-order valence-electron chi connectivity index (χ0n) is 8.67. The Morgan fingerprint density at radius 1 is 1.33 bits per heavy atom. The van der Waals surface area contributed by atoms with Crippen LogP contribution in [0.2, 0.25) is 0 Å². The van der Waals surface area contributed by atoms with Crippen molar-refractivity contribution in [1.82, 2.24) is 0 Å². The predicted molar refractivity (Wildman–Crippen MR) is 60.8 cm³/mol. The van der Waals surface area contributed by atoms with Crippen molar-refractivity contribution >= 4 is 11.8 Å². The van der Waals surface area contributed by atoms with E-state index in [9.17, 15) is 8.78 Å². The fourth-order valence-electron chi connectivity index (χ4n) is 1.21. The van der Waals surface area contributed by atoms with Crippen molar-refractivity contribution in [3.05, 3.63) is 35.4 Å². The molecule has 0 aliphatic heterocycles. The summed E-state index contributed by atoms with van der Waals surface area (Å²) in [5.74, 6) is -0.579. The van der Waals surface area contributed by atoms with Crippen molar-refractivity contribution in [2.24, 2.45) is 5.73 Å². The molecule has 0 radical (unpaired) electrons. The minimum atomic E-state index is -0.470. The molecule has 84 valence electrons. The van der Waals surface area contributed by atoms with Crippen molar-refractivity contribution in [1.29, 1.82) is 0 Å². The van der Waals surface area contributed by atoms with E-state index >= 15 is 0 Å². The van der Waals surface area contributed by atoms with Crippen molar-refractivity contribution in [2.45, 2.75) is 24.3 Å². The van der Waals surface area contributed by atoms with Crippen LogP contribution in [0.4, 0.5) is 8.78 Å². The summed E-state index contributed by atoms with van der Waals surface area (Å²) in [6.45, 7) is 2.62. The third-order valence-electron chi connectivity index (χ3n) is 2.15. The summed E-state index contributed by atoms with van der Waals surface area (Å²) < 4.78 is 26.4. The minimum absolute atomic E-state index is 0.159. The van der Waals surface area contributed by atoms with Crippen LogP contribution in [0.15, 0.2) is 18.2 Å². The summed E-state index contributed by atoms with van der Waals surface area (Å²) in [6.07, 6.45) is 0.862. The fourth-order valence-corrected chi connectivity index (χ4v) is 2.24. The zero-order valence-corrected chi connectivity index (χ0v) is 9.49. The van der Waals surface area contributed by atoms with E-state index in [1.54, 1.807) is 0 Å². The molecule has 1 nitrogen and oxygen atoms in total. The third-order valence-corrected chi connectivity index (χ3v) is 3.41. The molecule has 0 aliphatic carbocycles. The van der Waals surface area contributed by atoms with Gasteiger partial charge in [-0.3, -0.25) is 0 Å². The second kappa shape index (κ2) is 6.08. The second-order valence-corrected chi connectivity index (χ2v) is 4.83. The van der Waals surface area contributed by atoms with Gasteiger partial charge in [0, 0.05) is 16.6 Å². The Hall–Kier alpha value is -0.610. The maximum Gasteiger partial charge on any atom is 0.130 e. The van der Waals surface area contributed by atoms with Crippen LogP contribution in [0.5, 0.6) is 0 Å². The molecule has 0 bridgehead atoms. The predicted octanol–water partition coefficient (Wildman–Crippen LogP) is 2.94. The van der Waals surface area contributed by atoms with Gasteiger partial charge in [0.05, 0.1) is 0 Å². The van der Waals surface area contributed by atoms with Gasteiger partial charge in [-0.1, -0.05) is 13.0 Å². The normalized spacial score (nSPS) is 12.8. The molecule has 2 N–H and O–H groups in total. The van der Waals surface area contributed by atoms with E-state index in [-0.39, 0.29) is 5.56 Å². The number of nitrogens with two attached hydrogens (primary N) is 1. The van der Waals surface area contributed by atoms with Gasteiger partial charge in [0.25, 0.3) is 0 Å². The first-order valence-corrected chi connectivity index (χ1v) is 5.94. The molecule has 1 rings (SSSR count). The van der Waals surface area contributed by atoms with E-state index in [0.717, 1.165) is 6.42 Å². The lowest BCUT2D eigenvalue weighted by atomic mass is 10.2. The van der Waals surface area contributed by atoms with Gasteiger partial charge < -0.3 is 5.73 Å². The van der Waals surface area contributed by atoms with Gasteiger partial charge in [0.1, 0.15) is 11.6 Å². The summed E-state index contributed by atoms with van der Waals surface area (Å²) in [5.41, 5.74) is 5.56. The molecular formula is C11H15F2NS. The topological polar surface area (TPSA) is 26.0 Å². The molecule has 0 aromatic heterocycles. The Morgan fingerprint density at radius 3 is 2.47 bits per heavy atom. The van der Waals surface area contributed by atoms with E-state index in [2.05, 4.69) is 0 Å². The van der Waals surface area contributed by atoms with Gasteiger partial charge in [-0.2, -0.15) is 11.8 Å². The van der Waals surface area contributed by atoms with E-state index in [0.29, 0.717) is 17.5 Å². The van der Waals surface area contributed by atoms with E-state index in [4.69, 9.17) is 5.73 Å². The number of rotatable bonds is 5. The van der Waals surface area contributed by atoms with Gasteiger partial charge in [0.15, 0.2) is 0 Å². The highest BCUT2D eigenvalue weighted by atomic mass is 32.2. The molecule has 0 fully saturated rings. The lowest BCUT2D eigenvalue weighted by Crippen LogP contribution is -2.07. The molecule has 0 saturated carbocycles. The fraction of sp³-hybridized carbons (Fsp3) is 0.455. The Balaban J connectivity index is 2.57. The summed E-state index contributed by atoms with van der Waals surface area (Å²) in [4.78, 5) is 0. The van der Waals surface area contributed by atoms with Crippen LogP contribution in [0.25, 0.3) is 0 Å². The van der Waals surface area contributed by atoms with E-state index in [1.165, 1.54) is 30.0 Å². The minimum Gasteiger partial charge on any atom is -0.330 e. The van der Waals surface area contributed by atoms with Crippen LogP contribution in [-0.4, -0.2) is 11.8 Å². The molecule has 1 atom stereocenters. The van der Waals surface area contributed by atoms with Crippen LogP contribution < -0.4 is 5.73 Å². The van der Waals surface area contributed by atoms with E-state index in [1.807, 2.05) is 6.92 Å². The van der Waals surface area contributed by atoms with Crippen molar-refractivity contribution < 1.29 is 8.78 Å². The van der Waals surface area contributed by atoms with E-state index < -0.39 is 11.6 Å². The molecule has 0 heterocycles. The monoisotopic (exact) mass is 231 g/mol. The quantitative estimate of drug-likeness (QED) is 0.843. The average molecular weight is 231 g/mol. The Bertz CT molecular complexity index is 297. The zero-order chi connectivity index (χ0) is 11.3. The largest absolute Gasteiger partial charge is 0.330 e. The van der Waals surface area contributed by atoms with Gasteiger partial charge in [-0.05, 0) is 25.1 Å². The third kappa shape index (κ3) is 3.80. The highest BCUT2D eigenvalue weighted by molar-refractivity contribution is 7.99. The number of hydrogen-bond donors (Lipinski definition) is 1. The van der Waals surface area contributed by atoms with Crippen LogP contribution in [-0.2, 0) is 5.75 Å². The highest BCUT2D eigenvalue weighted by Gasteiger charge is 2.10. The molecule has 0 saturated heterocycles. The van der Waals surface area contributed by atoms with Crippen LogP contribution in [0, 0.1) is 11.6 Å². The summed E-state index contributed by atoms with van der Waals surface area (Å²) in [6, 6.07) is 3.95. The molecule has 4 heteroatoms. The second-order valence-electron chi connectivity index (χ2n) is 3.40. The summed E-state index contributed by atoms with van der Waals surface area (Å²) in [7, 11) is 0. The smallest absolute Gasteiger partial charge is 0.130 e. The SMILES string of the molecule is CC(CCN)SCc1c(F)cccc1F. The van der Waals surface area contributed by atoms with Crippen molar-refractivity contribution in [3.8, 4) is 0 Å². The Morgan fingerprint density at radius 2 is 1.93 bits per heavy atom. The molecular weight excluding hydrogens is 216 g/mol. The van der Waals surface area contributed by atoms with Crippen LogP contribution >= 0.6 is 11.8 Å². The Kier molecular flexibility index (Phi) is 5.05. The molecule has 1 aromatic rings. The first kappa shape index (κ1) is 12.5. The first-order valence-electron chi connectivity index (χ1n) is 4.89. The van der Waals surface area contributed by atoms with Crippen molar-refractivity contribution in [3.63, 3.8) is 0 Å². The maximum absolute atomic E-state index is 13.2. The summed E-state index contributed by atoms with van der Waals surface area (Å²) >= 11 is 1.52. The number of hydrogen-bond acceptors (Lipinski definition) is 2. The lowest BCUT2D eigenvalue weighted by Gasteiger charge is -2.10. The van der Waals surface area contributed by atoms with Gasteiger partial charge >= 0.3 is 0 Å². The van der Waals surface area contributed by atoms with Crippen LogP contribution in [0.3, 0.4) is 0 Å². The number of benzene rings is 1. The van der Waals surface area contributed by atoms with Crippen LogP contribution in [0.1, 0.15) is 18.9 Å².